The van der Waals surface area contributed by atoms with Gasteiger partial charge in [-0.2, -0.15) is 13.2 Å². The number of benzene rings is 1. The fraction of sp³-hybridized carbons (Fsp3) is 0.333. The Kier molecular flexibility index (Phi) is 4.83. The predicted octanol–water partition coefficient (Wildman–Crippen LogP) is 5.64. The lowest BCUT2D eigenvalue weighted by molar-refractivity contribution is -0.140. The van der Waals surface area contributed by atoms with E-state index < -0.39 is 11.9 Å². The molecule has 28 heavy (non-hydrogen) atoms. The maximum absolute atomic E-state index is 12.7. The van der Waals surface area contributed by atoms with Crippen LogP contribution in [-0.4, -0.2) is 21.6 Å². The minimum absolute atomic E-state index is 0.142. The summed E-state index contributed by atoms with van der Waals surface area (Å²) in [6, 6.07) is 9.37. The van der Waals surface area contributed by atoms with Crippen molar-refractivity contribution in [3.8, 4) is 28.4 Å². The van der Waals surface area contributed by atoms with Crippen molar-refractivity contribution < 1.29 is 17.9 Å². The van der Waals surface area contributed by atoms with Crippen LogP contribution in [0.2, 0.25) is 0 Å². The monoisotopic (exact) mass is 387 g/mol. The zero-order valence-electron chi connectivity index (χ0n) is 15.4. The average molecular weight is 387 g/mol. The fourth-order valence-electron chi connectivity index (χ4n) is 3.19. The van der Waals surface area contributed by atoms with E-state index in [0.29, 0.717) is 11.5 Å². The zero-order chi connectivity index (χ0) is 19.7. The number of ether oxygens (including phenoxy) is 1. The smallest absolute Gasteiger partial charge is 0.432 e. The minimum Gasteiger partial charge on any atom is -0.493 e. The molecule has 0 atom stereocenters. The van der Waals surface area contributed by atoms with Crippen molar-refractivity contribution >= 4 is 0 Å². The highest BCUT2D eigenvalue weighted by atomic mass is 19.4. The highest BCUT2D eigenvalue weighted by Crippen LogP contribution is 2.31. The maximum atomic E-state index is 12.7. The van der Waals surface area contributed by atoms with Gasteiger partial charge in [0.25, 0.3) is 0 Å². The van der Waals surface area contributed by atoms with E-state index in [1.807, 2.05) is 25.1 Å². The zero-order valence-corrected chi connectivity index (χ0v) is 15.4. The molecule has 0 bridgehead atoms. The number of hydrogen-bond donors (Lipinski definition) is 1. The van der Waals surface area contributed by atoms with Gasteiger partial charge in [-0.25, -0.2) is 4.98 Å². The summed E-state index contributed by atoms with van der Waals surface area (Å²) in [5, 5.41) is 0. The Labute approximate surface area is 160 Å². The van der Waals surface area contributed by atoms with Crippen LogP contribution in [0.4, 0.5) is 13.2 Å². The van der Waals surface area contributed by atoms with Gasteiger partial charge in [0.15, 0.2) is 0 Å². The molecule has 0 spiro atoms. The number of pyridine rings is 1. The van der Waals surface area contributed by atoms with Crippen LogP contribution in [0.5, 0.6) is 5.75 Å². The van der Waals surface area contributed by atoms with Gasteiger partial charge in [0.1, 0.15) is 17.3 Å². The molecule has 0 unspecified atom stereocenters. The van der Waals surface area contributed by atoms with Gasteiger partial charge in [-0.05, 0) is 61.6 Å². The standard InChI is InChI=1S/C21H20F3N3O/c1-13-9-16(28-12-14-3-2-4-14)6-7-17(13)18-8-5-15(10-25-18)20-26-11-19(27-20)21(22,23)24/h5-11,14H,2-4,12H2,1H3,(H,26,27). The van der Waals surface area contributed by atoms with E-state index in [9.17, 15) is 13.2 Å². The van der Waals surface area contributed by atoms with Crippen molar-refractivity contribution in [1.82, 2.24) is 15.0 Å². The van der Waals surface area contributed by atoms with Gasteiger partial charge in [0.2, 0.25) is 0 Å². The molecule has 1 aliphatic carbocycles. The number of aromatic amines is 1. The van der Waals surface area contributed by atoms with E-state index in [2.05, 4.69) is 15.0 Å². The normalized spacial score (nSPS) is 14.7. The van der Waals surface area contributed by atoms with Crippen LogP contribution in [0.25, 0.3) is 22.6 Å². The lowest BCUT2D eigenvalue weighted by atomic mass is 9.86. The largest absolute Gasteiger partial charge is 0.493 e. The number of halogens is 3. The molecule has 2 heterocycles. The van der Waals surface area contributed by atoms with E-state index >= 15 is 0 Å². The van der Waals surface area contributed by atoms with Gasteiger partial charge in [-0.3, -0.25) is 4.98 Å². The Morgan fingerprint density at radius 2 is 1.93 bits per heavy atom. The van der Waals surface area contributed by atoms with Crippen molar-refractivity contribution in [2.24, 2.45) is 5.92 Å². The van der Waals surface area contributed by atoms with Crippen molar-refractivity contribution in [3.05, 3.63) is 54.0 Å². The molecule has 4 rings (SSSR count). The van der Waals surface area contributed by atoms with Crippen molar-refractivity contribution in [1.29, 1.82) is 0 Å². The van der Waals surface area contributed by atoms with Gasteiger partial charge in [-0.1, -0.05) is 6.42 Å². The summed E-state index contributed by atoms with van der Waals surface area (Å²) in [6.45, 7) is 2.75. The quantitative estimate of drug-likeness (QED) is 0.616. The Morgan fingerprint density at radius 3 is 2.50 bits per heavy atom. The second-order valence-corrected chi connectivity index (χ2v) is 7.16. The third-order valence-corrected chi connectivity index (χ3v) is 5.10. The van der Waals surface area contributed by atoms with Crippen LogP contribution in [0, 0.1) is 12.8 Å². The van der Waals surface area contributed by atoms with Crippen LogP contribution in [0.3, 0.4) is 0 Å². The summed E-state index contributed by atoms with van der Waals surface area (Å²) in [6.07, 6.45) is 1.65. The molecule has 1 saturated carbocycles. The molecule has 4 nitrogen and oxygen atoms in total. The summed E-state index contributed by atoms with van der Waals surface area (Å²) < 4.78 is 44.0. The highest BCUT2D eigenvalue weighted by Gasteiger charge is 2.33. The van der Waals surface area contributed by atoms with E-state index in [4.69, 9.17) is 4.74 Å². The van der Waals surface area contributed by atoms with Gasteiger partial charge in [0, 0.05) is 17.3 Å². The molecule has 0 radical (unpaired) electrons. The van der Waals surface area contributed by atoms with Crippen LogP contribution < -0.4 is 4.74 Å². The van der Waals surface area contributed by atoms with Crippen LogP contribution >= 0.6 is 0 Å². The number of nitrogens with zero attached hydrogens (tertiary/aromatic N) is 2. The van der Waals surface area contributed by atoms with Crippen molar-refractivity contribution in [3.63, 3.8) is 0 Å². The average Bonchev–Trinajstić information content (AvgIpc) is 3.11. The van der Waals surface area contributed by atoms with E-state index in [0.717, 1.165) is 35.4 Å². The molecule has 0 saturated heterocycles. The highest BCUT2D eigenvalue weighted by molar-refractivity contribution is 5.67. The lowest BCUT2D eigenvalue weighted by Gasteiger charge is -2.25. The second kappa shape index (κ2) is 7.30. The van der Waals surface area contributed by atoms with E-state index in [1.54, 1.807) is 12.1 Å². The van der Waals surface area contributed by atoms with Gasteiger partial charge in [0.05, 0.1) is 18.5 Å². The molecule has 146 valence electrons. The van der Waals surface area contributed by atoms with E-state index in [-0.39, 0.29) is 5.82 Å². The Hall–Kier alpha value is -2.83. The summed E-state index contributed by atoms with van der Waals surface area (Å²) in [5.74, 6) is 1.66. The molecule has 1 fully saturated rings. The number of imidazole rings is 1. The molecule has 0 aliphatic heterocycles. The molecule has 7 heteroatoms. The van der Waals surface area contributed by atoms with Crippen molar-refractivity contribution in [2.45, 2.75) is 32.4 Å². The number of nitrogens with one attached hydrogen (secondary N) is 1. The first-order valence-electron chi connectivity index (χ1n) is 9.22. The molecular formula is C21H20F3N3O. The topological polar surface area (TPSA) is 50.8 Å². The number of aryl methyl sites for hydroxylation is 1. The minimum atomic E-state index is -4.45. The maximum Gasteiger partial charge on any atom is 0.432 e. The van der Waals surface area contributed by atoms with E-state index in [1.165, 1.54) is 25.5 Å². The molecule has 2 aromatic heterocycles. The first kappa shape index (κ1) is 18.5. The third-order valence-electron chi connectivity index (χ3n) is 5.10. The molecule has 1 aromatic carbocycles. The molecule has 0 amide bonds. The summed E-state index contributed by atoms with van der Waals surface area (Å²) >= 11 is 0. The van der Waals surface area contributed by atoms with Crippen LogP contribution in [0.1, 0.15) is 30.5 Å². The van der Waals surface area contributed by atoms with Gasteiger partial charge < -0.3 is 9.72 Å². The Balaban J connectivity index is 1.49. The summed E-state index contributed by atoms with van der Waals surface area (Å²) in [5.41, 5.74) is 2.35. The van der Waals surface area contributed by atoms with Crippen LogP contribution in [-0.2, 0) is 6.18 Å². The first-order valence-corrected chi connectivity index (χ1v) is 9.22. The third kappa shape index (κ3) is 3.88. The molecule has 1 aliphatic rings. The molecule has 3 aromatic rings. The number of H-pyrrole nitrogens is 1. The molecular weight excluding hydrogens is 367 g/mol. The second-order valence-electron chi connectivity index (χ2n) is 7.16. The van der Waals surface area contributed by atoms with Crippen molar-refractivity contribution in [2.75, 3.05) is 6.61 Å². The van der Waals surface area contributed by atoms with Crippen LogP contribution in [0.15, 0.2) is 42.7 Å². The molecule has 1 N–H and O–H groups in total. The number of hydrogen-bond acceptors (Lipinski definition) is 3. The summed E-state index contributed by atoms with van der Waals surface area (Å²) in [7, 11) is 0. The predicted molar refractivity (Wildman–Crippen MR) is 99.8 cm³/mol. The lowest BCUT2D eigenvalue weighted by Crippen LogP contribution is -2.19. The SMILES string of the molecule is Cc1cc(OCC2CCC2)ccc1-c1ccc(-c2ncc(C(F)(F)F)[nH]2)cn1. The van der Waals surface area contributed by atoms with Gasteiger partial charge >= 0.3 is 6.18 Å². The number of rotatable bonds is 5. The van der Waals surface area contributed by atoms with Gasteiger partial charge in [-0.15, -0.1) is 0 Å². The first-order chi connectivity index (χ1) is 13.4. The fourth-order valence-corrected chi connectivity index (χ4v) is 3.19. The number of aromatic nitrogens is 3. The Morgan fingerprint density at radius 1 is 1.11 bits per heavy atom. The Bertz CT molecular complexity index is 960. The number of alkyl halides is 3. The summed E-state index contributed by atoms with van der Waals surface area (Å²) in [4.78, 5) is 10.5.